The van der Waals surface area contributed by atoms with Crippen LogP contribution in [0.5, 0.6) is 0 Å². The number of hydrogen-bond donors (Lipinski definition) is 2. The first kappa shape index (κ1) is 14.9. The van der Waals surface area contributed by atoms with Gasteiger partial charge in [0.15, 0.2) is 0 Å². The second kappa shape index (κ2) is 5.47. The van der Waals surface area contributed by atoms with Gasteiger partial charge >= 0.3 is 6.18 Å². The Balaban J connectivity index is 2.16. The maximum Gasteiger partial charge on any atom is 0.418 e. The van der Waals surface area contributed by atoms with Gasteiger partial charge in [0, 0.05) is 0 Å². The molecule has 0 spiro atoms. The molecule has 5 nitrogen and oxygen atoms in total. The Kier molecular flexibility index (Phi) is 3.88. The van der Waals surface area contributed by atoms with Gasteiger partial charge in [-0.25, -0.2) is 0 Å². The molecule has 0 fully saturated rings. The minimum absolute atomic E-state index is 0.187. The summed E-state index contributed by atoms with van der Waals surface area (Å²) in [6, 6.07) is 4.84. The highest BCUT2D eigenvalue weighted by atomic mass is 19.4. The van der Waals surface area contributed by atoms with Crippen LogP contribution in [-0.4, -0.2) is 11.1 Å². The predicted octanol–water partition coefficient (Wildman–Crippen LogP) is 3.07. The van der Waals surface area contributed by atoms with Crippen LogP contribution in [0, 0.1) is 13.8 Å². The molecule has 1 amide bonds. The zero-order valence-corrected chi connectivity index (χ0v) is 11.2. The number of alkyl halides is 3. The van der Waals surface area contributed by atoms with Crippen LogP contribution >= 0.6 is 0 Å². The number of carbonyl (C=O) groups is 1. The molecule has 1 aromatic heterocycles. The number of aryl methyl sites for hydroxylation is 2. The molecule has 1 heterocycles. The number of nitrogens with one attached hydrogen (secondary N) is 2. The number of benzene rings is 1. The fourth-order valence-corrected chi connectivity index (χ4v) is 1.83. The Morgan fingerprint density at radius 1 is 1.24 bits per heavy atom. The summed E-state index contributed by atoms with van der Waals surface area (Å²) in [5.41, 5.74) is 3.91. The van der Waals surface area contributed by atoms with Crippen molar-refractivity contribution in [2.75, 3.05) is 5.43 Å². The van der Waals surface area contributed by atoms with E-state index in [9.17, 15) is 18.0 Å². The van der Waals surface area contributed by atoms with E-state index in [0.717, 1.165) is 6.07 Å². The molecule has 21 heavy (non-hydrogen) atoms. The summed E-state index contributed by atoms with van der Waals surface area (Å²) in [6.45, 7) is 3.10. The number of aromatic nitrogens is 1. The number of para-hydroxylation sites is 1. The molecule has 0 atom stereocenters. The van der Waals surface area contributed by atoms with Crippen LogP contribution in [-0.2, 0) is 6.18 Å². The summed E-state index contributed by atoms with van der Waals surface area (Å²) in [7, 11) is 0. The van der Waals surface area contributed by atoms with E-state index in [0.29, 0.717) is 5.69 Å². The smallest absolute Gasteiger partial charge is 0.361 e. The van der Waals surface area contributed by atoms with Crippen molar-refractivity contribution in [2.45, 2.75) is 20.0 Å². The molecule has 8 heteroatoms. The summed E-state index contributed by atoms with van der Waals surface area (Å²) < 4.78 is 43.2. The Labute approximate surface area is 118 Å². The molecule has 2 rings (SSSR count). The average Bonchev–Trinajstić information content (AvgIpc) is 2.75. The highest BCUT2D eigenvalue weighted by Gasteiger charge is 2.33. The summed E-state index contributed by atoms with van der Waals surface area (Å²) in [6.07, 6.45) is -4.52. The minimum atomic E-state index is -4.52. The lowest BCUT2D eigenvalue weighted by atomic mass is 10.2. The standard InChI is InChI=1S/C13H12F3N3O2/c1-7-11(8(2)21-19-7)12(20)18-17-10-6-4-3-5-9(10)13(14,15)16/h3-6,17H,1-2H3,(H,18,20). The molecule has 0 aliphatic carbocycles. The number of carbonyl (C=O) groups excluding carboxylic acids is 1. The summed E-state index contributed by atoms with van der Waals surface area (Å²) >= 11 is 0. The molecule has 0 bridgehead atoms. The predicted molar refractivity (Wildman–Crippen MR) is 68.5 cm³/mol. The van der Waals surface area contributed by atoms with E-state index in [2.05, 4.69) is 16.0 Å². The second-order valence-electron chi connectivity index (χ2n) is 4.32. The molecule has 2 aromatic rings. The van der Waals surface area contributed by atoms with E-state index in [-0.39, 0.29) is 17.0 Å². The first-order valence-electron chi connectivity index (χ1n) is 5.96. The number of anilines is 1. The van der Waals surface area contributed by atoms with Gasteiger partial charge in [0.25, 0.3) is 5.91 Å². The monoisotopic (exact) mass is 299 g/mol. The van der Waals surface area contributed by atoms with Gasteiger partial charge in [0.2, 0.25) is 0 Å². The van der Waals surface area contributed by atoms with Crippen molar-refractivity contribution in [3.05, 3.63) is 46.8 Å². The number of rotatable bonds is 3. The lowest BCUT2D eigenvalue weighted by Crippen LogP contribution is -2.31. The van der Waals surface area contributed by atoms with Gasteiger partial charge in [-0.2, -0.15) is 13.2 Å². The van der Waals surface area contributed by atoms with Crippen LogP contribution in [0.4, 0.5) is 18.9 Å². The molecular weight excluding hydrogens is 287 g/mol. The Morgan fingerprint density at radius 2 is 1.90 bits per heavy atom. The van der Waals surface area contributed by atoms with Crippen molar-refractivity contribution < 1.29 is 22.5 Å². The first-order chi connectivity index (χ1) is 9.80. The third-order valence-electron chi connectivity index (χ3n) is 2.80. The van der Waals surface area contributed by atoms with Gasteiger partial charge in [0.1, 0.15) is 11.3 Å². The van der Waals surface area contributed by atoms with E-state index in [1.165, 1.54) is 18.2 Å². The van der Waals surface area contributed by atoms with Gasteiger partial charge in [-0.3, -0.25) is 15.6 Å². The summed E-state index contributed by atoms with van der Waals surface area (Å²) in [5.74, 6) is -0.334. The molecule has 0 radical (unpaired) electrons. The molecule has 2 N–H and O–H groups in total. The molecule has 0 saturated carbocycles. The molecular formula is C13H12F3N3O2. The molecule has 0 aliphatic rings. The van der Waals surface area contributed by atoms with Gasteiger partial charge in [-0.1, -0.05) is 17.3 Å². The third kappa shape index (κ3) is 3.15. The van der Waals surface area contributed by atoms with E-state index in [1.54, 1.807) is 13.8 Å². The highest BCUT2D eigenvalue weighted by Crippen LogP contribution is 2.34. The molecule has 1 aromatic carbocycles. The fourth-order valence-electron chi connectivity index (χ4n) is 1.83. The maximum atomic E-state index is 12.8. The number of nitrogens with zero attached hydrogens (tertiary/aromatic N) is 1. The Hall–Kier alpha value is -2.51. The second-order valence-corrected chi connectivity index (χ2v) is 4.32. The first-order valence-corrected chi connectivity index (χ1v) is 5.96. The van der Waals surface area contributed by atoms with Gasteiger partial charge in [-0.15, -0.1) is 0 Å². The SMILES string of the molecule is Cc1noc(C)c1C(=O)NNc1ccccc1C(F)(F)F. The summed E-state index contributed by atoms with van der Waals surface area (Å²) in [5, 5.41) is 3.61. The Bertz CT molecular complexity index is 645. The van der Waals surface area contributed by atoms with Crippen LogP contribution in [0.2, 0.25) is 0 Å². The molecule has 0 saturated heterocycles. The van der Waals surface area contributed by atoms with Crippen molar-refractivity contribution in [2.24, 2.45) is 0 Å². The average molecular weight is 299 g/mol. The van der Waals surface area contributed by atoms with Crippen molar-refractivity contribution in [1.29, 1.82) is 0 Å². The zero-order valence-electron chi connectivity index (χ0n) is 11.2. The molecule has 0 aliphatic heterocycles. The van der Waals surface area contributed by atoms with Crippen molar-refractivity contribution in [3.63, 3.8) is 0 Å². The minimum Gasteiger partial charge on any atom is -0.361 e. The number of amides is 1. The van der Waals surface area contributed by atoms with Crippen LogP contribution in [0.3, 0.4) is 0 Å². The zero-order chi connectivity index (χ0) is 15.6. The van der Waals surface area contributed by atoms with Gasteiger partial charge in [-0.05, 0) is 26.0 Å². The quantitative estimate of drug-likeness (QED) is 0.855. The normalized spacial score (nSPS) is 11.3. The maximum absolute atomic E-state index is 12.8. The van der Waals surface area contributed by atoms with Crippen LogP contribution < -0.4 is 10.9 Å². The van der Waals surface area contributed by atoms with Crippen molar-refractivity contribution in [3.8, 4) is 0 Å². The van der Waals surface area contributed by atoms with Crippen LogP contribution in [0.15, 0.2) is 28.8 Å². The van der Waals surface area contributed by atoms with E-state index in [4.69, 9.17) is 4.52 Å². The largest absolute Gasteiger partial charge is 0.418 e. The molecule has 112 valence electrons. The number of hydrogen-bond acceptors (Lipinski definition) is 4. The lowest BCUT2D eigenvalue weighted by Gasteiger charge is -2.14. The van der Waals surface area contributed by atoms with Crippen LogP contribution in [0.25, 0.3) is 0 Å². The topological polar surface area (TPSA) is 67.2 Å². The highest BCUT2D eigenvalue weighted by molar-refractivity contribution is 5.96. The van der Waals surface area contributed by atoms with Gasteiger partial charge in [0.05, 0.1) is 16.9 Å². The number of halogens is 3. The van der Waals surface area contributed by atoms with Crippen molar-refractivity contribution in [1.82, 2.24) is 10.6 Å². The van der Waals surface area contributed by atoms with Crippen molar-refractivity contribution >= 4 is 11.6 Å². The van der Waals surface area contributed by atoms with E-state index < -0.39 is 17.6 Å². The van der Waals surface area contributed by atoms with Gasteiger partial charge < -0.3 is 4.52 Å². The number of hydrazine groups is 1. The molecule has 0 unspecified atom stereocenters. The fraction of sp³-hybridized carbons (Fsp3) is 0.231. The van der Waals surface area contributed by atoms with E-state index in [1.807, 2.05) is 0 Å². The van der Waals surface area contributed by atoms with Crippen LogP contribution in [0.1, 0.15) is 27.4 Å². The van der Waals surface area contributed by atoms with E-state index >= 15 is 0 Å². The Morgan fingerprint density at radius 3 is 2.48 bits per heavy atom. The summed E-state index contributed by atoms with van der Waals surface area (Å²) in [4.78, 5) is 11.9. The third-order valence-corrected chi connectivity index (χ3v) is 2.80. The lowest BCUT2D eigenvalue weighted by molar-refractivity contribution is -0.137.